The second kappa shape index (κ2) is 5.26. The molecule has 3 heteroatoms. The molecule has 1 aliphatic rings. The van der Waals surface area contributed by atoms with Crippen LogP contribution in [0.4, 0.5) is 0 Å². The Bertz CT molecular complexity index is 205. The molecule has 0 aromatic rings. The zero-order chi connectivity index (χ0) is 10.7. The molecule has 2 nitrogen and oxygen atoms in total. The normalized spacial score (nSPS) is 34.9. The lowest BCUT2D eigenvalue weighted by molar-refractivity contribution is 0.387. The van der Waals surface area contributed by atoms with Crippen molar-refractivity contribution < 1.29 is 4.21 Å². The van der Waals surface area contributed by atoms with E-state index < -0.39 is 10.8 Å². The molecule has 14 heavy (non-hydrogen) atoms. The van der Waals surface area contributed by atoms with Gasteiger partial charge in [-0.25, -0.2) is 0 Å². The summed E-state index contributed by atoms with van der Waals surface area (Å²) in [5.41, 5.74) is 5.79. The summed E-state index contributed by atoms with van der Waals surface area (Å²) in [5, 5.41) is 0.546. The second-order valence-corrected chi connectivity index (χ2v) is 6.85. The molecule has 84 valence electrons. The van der Waals surface area contributed by atoms with Gasteiger partial charge < -0.3 is 5.73 Å². The number of nitrogens with two attached hydrogens (primary N) is 1. The van der Waals surface area contributed by atoms with E-state index in [-0.39, 0.29) is 11.3 Å². The van der Waals surface area contributed by atoms with Gasteiger partial charge in [0, 0.05) is 27.3 Å². The summed E-state index contributed by atoms with van der Waals surface area (Å²) in [6.07, 6.45) is 4.81. The molecule has 5 atom stereocenters. The fraction of sp³-hybridized carbons (Fsp3) is 1.00. The van der Waals surface area contributed by atoms with E-state index in [2.05, 4.69) is 6.92 Å². The third-order valence-electron chi connectivity index (χ3n) is 3.32. The van der Waals surface area contributed by atoms with Crippen LogP contribution in [-0.4, -0.2) is 20.8 Å². The molecule has 0 amide bonds. The molecule has 5 unspecified atom stereocenters. The van der Waals surface area contributed by atoms with E-state index in [4.69, 9.17) is 5.73 Å². The summed E-state index contributed by atoms with van der Waals surface area (Å²) in [5.74, 6) is 0.748. The highest BCUT2D eigenvalue weighted by atomic mass is 32.2. The van der Waals surface area contributed by atoms with Gasteiger partial charge in [0.25, 0.3) is 0 Å². The Hall–Kier alpha value is 0.110. The Labute approximate surface area is 90.1 Å². The quantitative estimate of drug-likeness (QED) is 0.786. The molecule has 0 spiro atoms. The van der Waals surface area contributed by atoms with E-state index in [1.54, 1.807) is 0 Å². The average Bonchev–Trinajstić information content (AvgIpc) is 2.15. The lowest BCUT2D eigenvalue weighted by Crippen LogP contribution is -2.38. The molecule has 1 fully saturated rings. The van der Waals surface area contributed by atoms with Crippen LogP contribution in [0.2, 0.25) is 0 Å². The maximum atomic E-state index is 12.1. The summed E-state index contributed by atoms with van der Waals surface area (Å²) in [6, 6.07) is 0.0491. The molecule has 1 aliphatic carbocycles. The van der Waals surface area contributed by atoms with Crippen molar-refractivity contribution in [2.75, 3.05) is 0 Å². The first-order valence-electron chi connectivity index (χ1n) is 5.67. The molecule has 0 saturated heterocycles. The molecule has 0 bridgehead atoms. The molecular weight excluding hydrogens is 194 g/mol. The first-order valence-corrected chi connectivity index (χ1v) is 6.95. The van der Waals surface area contributed by atoms with Gasteiger partial charge in [0.1, 0.15) is 0 Å². The first kappa shape index (κ1) is 12.2. The maximum Gasteiger partial charge on any atom is 0.0470 e. The monoisotopic (exact) mass is 217 g/mol. The van der Waals surface area contributed by atoms with Gasteiger partial charge in [-0.1, -0.05) is 19.8 Å². The second-order valence-electron chi connectivity index (χ2n) is 4.79. The van der Waals surface area contributed by atoms with Gasteiger partial charge >= 0.3 is 0 Å². The highest BCUT2D eigenvalue weighted by Gasteiger charge is 2.28. The molecule has 0 radical (unpaired) electrons. The van der Waals surface area contributed by atoms with Crippen molar-refractivity contribution in [1.29, 1.82) is 0 Å². The number of hydrogen-bond donors (Lipinski definition) is 1. The fourth-order valence-electron chi connectivity index (χ4n) is 2.10. The topological polar surface area (TPSA) is 43.1 Å². The van der Waals surface area contributed by atoms with Gasteiger partial charge in [-0.3, -0.25) is 4.21 Å². The van der Waals surface area contributed by atoms with Crippen molar-refractivity contribution >= 4 is 10.8 Å². The molecule has 1 saturated carbocycles. The molecule has 0 aliphatic heterocycles. The van der Waals surface area contributed by atoms with Crippen LogP contribution in [-0.2, 0) is 10.8 Å². The van der Waals surface area contributed by atoms with Crippen LogP contribution in [0, 0.1) is 5.92 Å². The maximum absolute atomic E-state index is 12.1. The molecule has 1 rings (SSSR count). The minimum Gasteiger partial charge on any atom is -0.327 e. The summed E-state index contributed by atoms with van der Waals surface area (Å²) in [4.78, 5) is 0. The minimum atomic E-state index is -0.727. The average molecular weight is 217 g/mol. The van der Waals surface area contributed by atoms with E-state index in [9.17, 15) is 4.21 Å². The Kier molecular flexibility index (Phi) is 4.58. The van der Waals surface area contributed by atoms with Gasteiger partial charge in [-0.05, 0) is 32.6 Å². The summed E-state index contributed by atoms with van der Waals surface area (Å²) in [7, 11) is -0.727. The van der Waals surface area contributed by atoms with E-state index in [0.29, 0.717) is 5.25 Å². The van der Waals surface area contributed by atoms with Crippen LogP contribution >= 0.6 is 0 Å². The summed E-state index contributed by atoms with van der Waals surface area (Å²) < 4.78 is 12.1. The molecule has 0 heterocycles. The Morgan fingerprint density at radius 2 is 2.00 bits per heavy atom. The Balaban J connectivity index is 2.51. The van der Waals surface area contributed by atoms with Crippen molar-refractivity contribution in [2.45, 2.75) is 63.0 Å². The Morgan fingerprint density at radius 1 is 1.36 bits per heavy atom. The van der Waals surface area contributed by atoms with Crippen LogP contribution in [0.5, 0.6) is 0 Å². The zero-order valence-corrected chi connectivity index (χ0v) is 10.3. The van der Waals surface area contributed by atoms with Gasteiger partial charge in [0.2, 0.25) is 0 Å². The predicted octanol–water partition coefficient (Wildman–Crippen LogP) is 2.05. The van der Waals surface area contributed by atoms with Crippen molar-refractivity contribution in [3.63, 3.8) is 0 Å². The van der Waals surface area contributed by atoms with Gasteiger partial charge in [-0.15, -0.1) is 0 Å². The third kappa shape index (κ3) is 3.06. The van der Waals surface area contributed by atoms with E-state index in [1.165, 1.54) is 12.8 Å². The van der Waals surface area contributed by atoms with Gasteiger partial charge in [0.15, 0.2) is 0 Å². The molecule has 2 N–H and O–H groups in total. The smallest absolute Gasteiger partial charge is 0.0470 e. The van der Waals surface area contributed by atoms with Crippen LogP contribution in [0.3, 0.4) is 0 Å². The Morgan fingerprint density at radius 3 is 2.50 bits per heavy atom. The standard InChI is InChI=1S/C11H23NOS/c1-8-5-4-6-11(7-8)14(13)10(3)9(2)12/h8-11H,4-7,12H2,1-3H3. The predicted molar refractivity (Wildman–Crippen MR) is 62.7 cm³/mol. The van der Waals surface area contributed by atoms with Crippen LogP contribution in [0.1, 0.15) is 46.5 Å². The zero-order valence-electron chi connectivity index (χ0n) is 9.53. The third-order valence-corrected chi connectivity index (χ3v) is 5.57. The van der Waals surface area contributed by atoms with Gasteiger partial charge in [0.05, 0.1) is 0 Å². The van der Waals surface area contributed by atoms with Crippen LogP contribution in [0.25, 0.3) is 0 Å². The van der Waals surface area contributed by atoms with Gasteiger partial charge in [-0.2, -0.15) is 0 Å². The molecular formula is C11H23NOS. The van der Waals surface area contributed by atoms with Crippen LogP contribution < -0.4 is 5.73 Å². The SMILES string of the molecule is CC1CCCC(S(=O)C(C)C(C)N)C1. The lowest BCUT2D eigenvalue weighted by atomic mass is 9.91. The number of hydrogen-bond acceptors (Lipinski definition) is 2. The van der Waals surface area contributed by atoms with E-state index >= 15 is 0 Å². The minimum absolute atomic E-state index is 0.0491. The first-order chi connectivity index (χ1) is 6.52. The molecule has 0 aromatic carbocycles. The summed E-state index contributed by atoms with van der Waals surface area (Å²) in [6.45, 7) is 6.23. The lowest BCUT2D eigenvalue weighted by Gasteiger charge is -2.29. The van der Waals surface area contributed by atoms with E-state index in [1.807, 2.05) is 13.8 Å². The highest BCUT2D eigenvalue weighted by Crippen LogP contribution is 2.28. The summed E-state index contributed by atoms with van der Waals surface area (Å²) >= 11 is 0. The fourth-order valence-corrected chi connectivity index (χ4v) is 4.05. The largest absolute Gasteiger partial charge is 0.327 e. The van der Waals surface area contributed by atoms with Crippen molar-refractivity contribution in [3.05, 3.63) is 0 Å². The van der Waals surface area contributed by atoms with Crippen molar-refractivity contribution in [2.24, 2.45) is 11.7 Å². The number of rotatable bonds is 3. The van der Waals surface area contributed by atoms with Crippen LogP contribution in [0.15, 0.2) is 0 Å². The highest BCUT2D eigenvalue weighted by molar-refractivity contribution is 7.86. The van der Waals surface area contributed by atoms with Crippen molar-refractivity contribution in [3.8, 4) is 0 Å². The van der Waals surface area contributed by atoms with Crippen molar-refractivity contribution in [1.82, 2.24) is 0 Å². The van der Waals surface area contributed by atoms with E-state index in [0.717, 1.165) is 18.8 Å². The molecule has 0 aromatic heterocycles.